The summed E-state index contributed by atoms with van der Waals surface area (Å²) < 4.78 is 68.9. The number of esters is 4. The van der Waals surface area contributed by atoms with Crippen LogP contribution in [0.5, 0.6) is 0 Å². The van der Waals surface area contributed by atoms with Crippen LogP contribution < -0.4 is 0 Å². The van der Waals surface area contributed by atoms with E-state index in [4.69, 9.17) is 37.0 Å². The summed E-state index contributed by atoms with van der Waals surface area (Å²) in [4.78, 5) is 73.2. The fourth-order valence-corrected chi connectivity index (χ4v) is 14.6. The lowest BCUT2D eigenvalue weighted by Gasteiger charge is -2.21. The molecule has 0 radical (unpaired) electrons. The SMILES string of the molecule is CCCCCCCCCCCCCCCCCCCCCC(=O)O[C@H](COC(=O)CCCCCCCCCCCCCCCCCC(C)C)COP(=O)(O)OC[C@@H](O)COP(=O)(O)OC[C@@H](COC(=O)CCCCCCCCCCCC(C)C)OC(=O)CCCCCCCCCCCCCCCC. The zero-order valence-corrected chi connectivity index (χ0v) is 69.4. The van der Waals surface area contributed by atoms with Gasteiger partial charge in [0.15, 0.2) is 12.2 Å². The number of hydrogen-bond donors (Lipinski definition) is 3. The molecule has 17 nitrogen and oxygen atoms in total. The molecule has 612 valence electrons. The van der Waals surface area contributed by atoms with Crippen molar-refractivity contribution in [2.45, 2.75) is 464 Å². The van der Waals surface area contributed by atoms with Gasteiger partial charge in [0.05, 0.1) is 26.4 Å². The Hall–Kier alpha value is -1.94. The summed E-state index contributed by atoms with van der Waals surface area (Å²) in [6.45, 7) is 9.67. The number of carbonyl (C=O) groups is 4. The molecule has 2 unspecified atom stereocenters. The minimum absolute atomic E-state index is 0.108. The maximum Gasteiger partial charge on any atom is 0.472 e. The molecule has 0 saturated heterocycles. The molecule has 5 atom stereocenters. The van der Waals surface area contributed by atoms with Crippen LogP contribution in [0.4, 0.5) is 0 Å². The second kappa shape index (κ2) is 75.5. The van der Waals surface area contributed by atoms with E-state index in [9.17, 15) is 43.2 Å². The number of hydrogen-bond acceptors (Lipinski definition) is 15. The number of ether oxygens (including phenoxy) is 4. The molecule has 0 aliphatic rings. The van der Waals surface area contributed by atoms with Crippen LogP contribution in [-0.2, 0) is 65.4 Å². The monoisotopic (exact) mass is 1510 g/mol. The third kappa shape index (κ3) is 78.0. The Morgan fingerprint density at radius 1 is 0.262 bits per heavy atom. The minimum atomic E-state index is -4.96. The van der Waals surface area contributed by atoms with Gasteiger partial charge in [-0.05, 0) is 37.5 Å². The molecular weight excluding hydrogens is 1340 g/mol. The Balaban J connectivity index is 5.25. The van der Waals surface area contributed by atoms with Crippen LogP contribution in [0, 0.1) is 11.8 Å². The van der Waals surface area contributed by atoms with Gasteiger partial charge in [0, 0.05) is 25.7 Å². The zero-order valence-electron chi connectivity index (χ0n) is 67.6. The predicted octanol–water partition coefficient (Wildman–Crippen LogP) is 25.5. The van der Waals surface area contributed by atoms with Crippen LogP contribution in [0.2, 0.25) is 0 Å². The van der Waals surface area contributed by atoms with Crippen molar-refractivity contribution in [1.82, 2.24) is 0 Å². The van der Waals surface area contributed by atoms with Crippen molar-refractivity contribution in [3.8, 4) is 0 Å². The van der Waals surface area contributed by atoms with Gasteiger partial charge in [-0.25, -0.2) is 9.13 Å². The Morgan fingerprint density at radius 3 is 0.660 bits per heavy atom. The summed E-state index contributed by atoms with van der Waals surface area (Å²) in [5, 5.41) is 10.7. The first kappa shape index (κ1) is 101. The van der Waals surface area contributed by atoms with Crippen LogP contribution in [0.15, 0.2) is 0 Å². The summed E-state index contributed by atoms with van der Waals surface area (Å²) in [7, 11) is -9.93. The Bertz CT molecular complexity index is 1980. The minimum Gasteiger partial charge on any atom is -0.462 e. The van der Waals surface area contributed by atoms with Gasteiger partial charge < -0.3 is 33.8 Å². The van der Waals surface area contributed by atoms with Crippen molar-refractivity contribution in [2.75, 3.05) is 39.6 Å². The van der Waals surface area contributed by atoms with E-state index >= 15 is 0 Å². The molecule has 0 fully saturated rings. The smallest absolute Gasteiger partial charge is 0.462 e. The van der Waals surface area contributed by atoms with Crippen LogP contribution in [0.3, 0.4) is 0 Å². The van der Waals surface area contributed by atoms with Crippen molar-refractivity contribution in [2.24, 2.45) is 11.8 Å². The molecule has 0 saturated carbocycles. The lowest BCUT2D eigenvalue weighted by Crippen LogP contribution is -2.30. The van der Waals surface area contributed by atoms with Gasteiger partial charge in [0.2, 0.25) is 0 Å². The number of phosphoric acid groups is 2. The number of aliphatic hydroxyl groups is 1. The highest BCUT2D eigenvalue weighted by Gasteiger charge is 2.30. The highest BCUT2D eigenvalue weighted by atomic mass is 31.2. The Kier molecular flexibility index (Phi) is 74.1. The Morgan fingerprint density at radius 2 is 0.447 bits per heavy atom. The molecule has 0 aromatic heterocycles. The number of phosphoric ester groups is 2. The molecule has 0 spiro atoms. The lowest BCUT2D eigenvalue weighted by atomic mass is 10.0. The molecule has 0 bridgehead atoms. The van der Waals surface area contributed by atoms with Gasteiger partial charge in [0.1, 0.15) is 19.3 Å². The molecule has 3 N–H and O–H groups in total. The summed E-state index contributed by atoms with van der Waals surface area (Å²) in [6.07, 6.45) is 66.6. The van der Waals surface area contributed by atoms with Crippen LogP contribution in [-0.4, -0.2) is 96.7 Å². The van der Waals surface area contributed by atoms with Crippen molar-refractivity contribution < 1.29 is 80.2 Å². The quantitative estimate of drug-likeness (QED) is 0.0222. The molecule has 0 aromatic carbocycles. The van der Waals surface area contributed by atoms with E-state index in [2.05, 4.69) is 41.5 Å². The van der Waals surface area contributed by atoms with Gasteiger partial charge in [-0.15, -0.1) is 0 Å². The standard InChI is InChI=1S/C84H164O17P2/c1-7-9-11-13-15-17-19-21-23-24-25-26-29-34-38-44-51-57-63-69-84(89)100-79(72-94-81(86)66-60-54-48-42-36-33-30-27-28-31-35-40-46-52-58-64-76(3)4)74-98-102(90,91)96-70-78(85)71-97-103(92,93)99-75-80(73-95-82(87)67-61-55-49-45-39-41-47-53-59-65-77(5)6)101-83(88)68-62-56-50-43-37-32-22-20-18-16-14-12-10-8-2/h76-80,85H,7-75H2,1-6H3,(H,90,91)(H,92,93)/t78-,79-,80-/m1/s1. The van der Waals surface area contributed by atoms with E-state index in [0.717, 1.165) is 102 Å². The number of carbonyl (C=O) groups excluding carboxylic acids is 4. The topological polar surface area (TPSA) is 237 Å². The molecule has 19 heteroatoms. The van der Waals surface area contributed by atoms with E-state index in [-0.39, 0.29) is 25.7 Å². The van der Waals surface area contributed by atoms with E-state index in [1.54, 1.807) is 0 Å². The highest BCUT2D eigenvalue weighted by molar-refractivity contribution is 7.47. The second-order valence-corrected chi connectivity index (χ2v) is 34.1. The van der Waals surface area contributed by atoms with E-state index < -0.39 is 97.5 Å². The zero-order chi connectivity index (χ0) is 75.6. The fourth-order valence-electron chi connectivity index (χ4n) is 13.1. The third-order valence-electron chi connectivity index (χ3n) is 19.7. The van der Waals surface area contributed by atoms with Gasteiger partial charge in [0.25, 0.3) is 0 Å². The summed E-state index contributed by atoms with van der Waals surface area (Å²) in [5.74, 6) is -0.553. The first-order valence-corrected chi connectivity index (χ1v) is 46.5. The molecule has 0 aliphatic carbocycles. The largest absolute Gasteiger partial charge is 0.472 e. The van der Waals surface area contributed by atoms with Crippen molar-refractivity contribution >= 4 is 39.5 Å². The summed E-state index contributed by atoms with van der Waals surface area (Å²) in [5.41, 5.74) is 0. The molecule has 0 aliphatic heterocycles. The summed E-state index contributed by atoms with van der Waals surface area (Å²) >= 11 is 0. The number of rotatable bonds is 83. The number of aliphatic hydroxyl groups excluding tert-OH is 1. The van der Waals surface area contributed by atoms with E-state index in [1.807, 2.05) is 0 Å². The van der Waals surface area contributed by atoms with Gasteiger partial charge in [-0.1, -0.05) is 395 Å². The van der Waals surface area contributed by atoms with E-state index in [1.165, 1.54) is 263 Å². The molecule has 103 heavy (non-hydrogen) atoms. The number of unbranched alkanes of at least 4 members (excludes halogenated alkanes) is 53. The molecular formula is C84H164O17P2. The molecule has 0 aromatic rings. The Labute approximate surface area is 632 Å². The van der Waals surface area contributed by atoms with Crippen molar-refractivity contribution in [3.63, 3.8) is 0 Å². The van der Waals surface area contributed by atoms with Crippen LogP contribution >= 0.6 is 15.6 Å². The molecule has 0 rings (SSSR count). The lowest BCUT2D eigenvalue weighted by molar-refractivity contribution is -0.161. The van der Waals surface area contributed by atoms with Crippen LogP contribution in [0.1, 0.15) is 446 Å². The fraction of sp³-hybridized carbons (Fsp3) is 0.952. The maximum atomic E-state index is 13.1. The van der Waals surface area contributed by atoms with Gasteiger partial charge in [-0.3, -0.25) is 37.3 Å². The van der Waals surface area contributed by atoms with Crippen molar-refractivity contribution in [1.29, 1.82) is 0 Å². The van der Waals surface area contributed by atoms with E-state index in [0.29, 0.717) is 25.7 Å². The predicted molar refractivity (Wildman–Crippen MR) is 423 cm³/mol. The van der Waals surface area contributed by atoms with Gasteiger partial charge in [-0.2, -0.15) is 0 Å². The second-order valence-electron chi connectivity index (χ2n) is 31.2. The average molecular weight is 1510 g/mol. The molecule has 0 amide bonds. The maximum absolute atomic E-state index is 13.1. The highest BCUT2D eigenvalue weighted by Crippen LogP contribution is 2.45. The van der Waals surface area contributed by atoms with Crippen LogP contribution in [0.25, 0.3) is 0 Å². The summed E-state index contributed by atoms with van der Waals surface area (Å²) in [6, 6.07) is 0. The average Bonchev–Trinajstić information content (AvgIpc) is 0.915. The van der Waals surface area contributed by atoms with Gasteiger partial charge >= 0.3 is 39.5 Å². The first-order chi connectivity index (χ1) is 49.9. The first-order valence-electron chi connectivity index (χ1n) is 43.5. The third-order valence-corrected chi connectivity index (χ3v) is 21.6. The van der Waals surface area contributed by atoms with Crippen molar-refractivity contribution in [3.05, 3.63) is 0 Å². The normalized spacial score (nSPS) is 13.9. The molecule has 0 heterocycles.